The fourth-order valence-corrected chi connectivity index (χ4v) is 5.91. The van der Waals surface area contributed by atoms with Gasteiger partial charge in [0.2, 0.25) is 0 Å². The first-order valence-electron chi connectivity index (χ1n) is 10.5. The molecule has 3 unspecified atom stereocenters. The van der Waals surface area contributed by atoms with Gasteiger partial charge in [0.25, 0.3) is 0 Å². The van der Waals surface area contributed by atoms with Crippen LogP contribution >= 0.6 is 0 Å². The molecule has 1 aromatic rings. The van der Waals surface area contributed by atoms with Crippen LogP contribution in [-0.4, -0.2) is 0 Å². The van der Waals surface area contributed by atoms with Gasteiger partial charge in [-0.25, -0.2) is 0 Å². The van der Waals surface area contributed by atoms with Gasteiger partial charge in [-0.3, -0.25) is 0 Å². The summed E-state index contributed by atoms with van der Waals surface area (Å²) in [5.41, 5.74) is 9.14. The van der Waals surface area contributed by atoms with Gasteiger partial charge in [0, 0.05) is 17.8 Å². The fraction of sp³-hybridized carbons (Fsp3) is 0.214. The third-order valence-electron chi connectivity index (χ3n) is 7.11. The van der Waals surface area contributed by atoms with Crippen molar-refractivity contribution in [1.82, 2.24) is 0 Å². The Labute approximate surface area is 167 Å². The van der Waals surface area contributed by atoms with Crippen molar-refractivity contribution in [2.75, 3.05) is 0 Å². The van der Waals surface area contributed by atoms with Gasteiger partial charge < -0.3 is 0 Å². The lowest BCUT2D eigenvalue weighted by Gasteiger charge is -2.25. The van der Waals surface area contributed by atoms with E-state index in [4.69, 9.17) is 0 Å². The molecule has 0 spiro atoms. The highest BCUT2D eigenvalue weighted by atomic mass is 14.4. The normalized spacial score (nSPS) is 30.7. The van der Waals surface area contributed by atoms with E-state index in [1.165, 1.54) is 23.1 Å². The first-order valence-corrected chi connectivity index (χ1v) is 10.5. The van der Waals surface area contributed by atoms with Crippen LogP contribution in [0.25, 0.3) is 5.57 Å². The van der Waals surface area contributed by atoms with E-state index in [1.807, 2.05) is 0 Å². The zero-order valence-corrected chi connectivity index (χ0v) is 16.0. The predicted molar refractivity (Wildman–Crippen MR) is 118 cm³/mol. The van der Waals surface area contributed by atoms with Crippen LogP contribution in [0, 0.1) is 17.8 Å². The molecule has 0 aromatic heterocycles. The molecule has 0 aliphatic heterocycles. The molecule has 0 saturated heterocycles. The van der Waals surface area contributed by atoms with Crippen LogP contribution in [0.2, 0.25) is 0 Å². The van der Waals surface area contributed by atoms with Gasteiger partial charge in [-0.05, 0) is 52.2 Å². The Hall–Kier alpha value is -2.86. The summed E-state index contributed by atoms with van der Waals surface area (Å²) in [6.45, 7) is 0. The Morgan fingerprint density at radius 1 is 0.643 bits per heavy atom. The van der Waals surface area contributed by atoms with Crippen LogP contribution in [0.15, 0.2) is 114 Å². The molecule has 5 aliphatic rings. The lowest BCUT2D eigenvalue weighted by atomic mass is 9.78. The van der Waals surface area contributed by atoms with Gasteiger partial charge in [0.05, 0.1) is 0 Å². The maximum atomic E-state index is 2.43. The second-order valence-electron chi connectivity index (χ2n) is 8.40. The molecule has 0 heteroatoms. The van der Waals surface area contributed by atoms with E-state index in [0.717, 1.165) is 6.42 Å². The Morgan fingerprint density at radius 3 is 2.04 bits per heavy atom. The van der Waals surface area contributed by atoms with Crippen LogP contribution in [0.3, 0.4) is 0 Å². The standard InChI is InChI=1S/C28H24/c1-5-13-23-19(9-1)20-10-2-6-14-24(20)27(23)17-18-28-25-15-7-3-11-21(25)22-12-4-8-16-26(22)28/h1-16,19,25-26,28H,17-18H2. The summed E-state index contributed by atoms with van der Waals surface area (Å²) in [4.78, 5) is 0. The van der Waals surface area contributed by atoms with E-state index >= 15 is 0 Å². The number of hydrogen-bond acceptors (Lipinski definition) is 0. The van der Waals surface area contributed by atoms with Gasteiger partial charge in [0.15, 0.2) is 0 Å². The Balaban J connectivity index is 1.33. The second kappa shape index (κ2) is 6.34. The maximum absolute atomic E-state index is 2.43. The Kier molecular flexibility index (Phi) is 3.65. The summed E-state index contributed by atoms with van der Waals surface area (Å²) in [7, 11) is 0. The monoisotopic (exact) mass is 360 g/mol. The van der Waals surface area contributed by atoms with Crippen molar-refractivity contribution in [3.05, 3.63) is 125 Å². The summed E-state index contributed by atoms with van der Waals surface area (Å²) >= 11 is 0. The van der Waals surface area contributed by atoms with E-state index in [9.17, 15) is 0 Å². The van der Waals surface area contributed by atoms with Gasteiger partial charge in [-0.15, -0.1) is 0 Å². The lowest BCUT2D eigenvalue weighted by Crippen LogP contribution is -2.17. The molecule has 136 valence electrons. The molecule has 0 radical (unpaired) electrons. The molecule has 0 saturated carbocycles. The van der Waals surface area contributed by atoms with Crippen LogP contribution in [0.4, 0.5) is 0 Å². The van der Waals surface area contributed by atoms with Crippen LogP contribution < -0.4 is 0 Å². The van der Waals surface area contributed by atoms with E-state index < -0.39 is 0 Å². The summed E-state index contributed by atoms with van der Waals surface area (Å²) in [5, 5.41) is 0. The van der Waals surface area contributed by atoms with E-state index in [1.54, 1.807) is 16.7 Å². The van der Waals surface area contributed by atoms with Crippen molar-refractivity contribution in [1.29, 1.82) is 0 Å². The third-order valence-corrected chi connectivity index (χ3v) is 7.11. The minimum absolute atomic E-state index is 0.457. The average molecular weight is 361 g/mol. The molecule has 0 nitrogen and oxygen atoms in total. The molecule has 5 aliphatic carbocycles. The zero-order chi connectivity index (χ0) is 18.5. The maximum Gasteiger partial charge on any atom is 0.0281 e. The summed E-state index contributed by atoms with van der Waals surface area (Å²) < 4.78 is 0. The van der Waals surface area contributed by atoms with Crippen molar-refractivity contribution in [3.63, 3.8) is 0 Å². The average Bonchev–Trinajstić information content (AvgIpc) is 3.26. The SMILES string of the molecule is C1=CC2=C(CCC3C4C=CC=CC4=C4C=CC=CC43)c3ccccc3C2C=C1. The highest BCUT2D eigenvalue weighted by molar-refractivity contribution is 5.82. The van der Waals surface area contributed by atoms with Crippen LogP contribution in [0.5, 0.6) is 0 Å². The number of allylic oxidation sites excluding steroid dienone is 16. The van der Waals surface area contributed by atoms with Crippen molar-refractivity contribution >= 4 is 5.57 Å². The molecule has 0 bridgehead atoms. The van der Waals surface area contributed by atoms with E-state index in [-0.39, 0.29) is 0 Å². The zero-order valence-electron chi connectivity index (χ0n) is 16.0. The molecule has 0 fully saturated rings. The molecule has 1 aromatic carbocycles. The van der Waals surface area contributed by atoms with Crippen molar-refractivity contribution in [2.24, 2.45) is 17.8 Å². The number of rotatable bonds is 3. The molecule has 3 atom stereocenters. The minimum Gasteiger partial charge on any atom is -0.0767 e. The van der Waals surface area contributed by atoms with Gasteiger partial charge >= 0.3 is 0 Å². The summed E-state index contributed by atoms with van der Waals surface area (Å²) in [5.74, 6) is 2.25. The summed E-state index contributed by atoms with van der Waals surface area (Å²) in [6, 6.07) is 9.02. The predicted octanol–water partition coefficient (Wildman–Crippen LogP) is 6.85. The Morgan fingerprint density at radius 2 is 1.29 bits per heavy atom. The molecular weight excluding hydrogens is 336 g/mol. The van der Waals surface area contributed by atoms with Crippen molar-refractivity contribution in [3.8, 4) is 0 Å². The minimum atomic E-state index is 0.457. The first-order chi connectivity index (χ1) is 13.9. The first kappa shape index (κ1) is 16.1. The number of hydrogen-bond donors (Lipinski definition) is 0. The van der Waals surface area contributed by atoms with Gasteiger partial charge in [-0.2, -0.15) is 0 Å². The number of benzene rings is 1. The van der Waals surface area contributed by atoms with E-state index in [0.29, 0.717) is 23.7 Å². The fourth-order valence-electron chi connectivity index (χ4n) is 5.91. The largest absolute Gasteiger partial charge is 0.0767 e. The highest BCUT2D eigenvalue weighted by Gasteiger charge is 2.39. The van der Waals surface area contributed by atoms with E-state index in [2.05, 4.69) is 97.2 Å². The molecule has 0 N–H and O–H groups in total. The third kappa shape index (κ3) is 2.31. The topological polar surface area (TPSA) is 0 Å². The van der Waals surface area contributed by atoms with Crippen molar-refractivity contribution < 1.29 is 0 Å². The van der Waals surface area contributed by atoms with Gasteiger partial charge in [0.1, 0.15) is 0 Å². The van der Waals surface area contributed by atoms with Gasteiger partial charge in [-0.1, -0.05) is 97.2 Å². The summed E-state index contributed by atoms with van der Waals surface area (Å²) in [6.07, 6.45) is 29.9. The molecule has 28 heavy (non-hydrogen) atoms. The lowest BCUT2D eigenvalue weighted by molar-refractivity contribution is 0.387. The smallest absolute Gasteiger partial charge is 0.0281 e. The molecule has 0 amide bonds. The quantitative estimate of drug-likeness (QED) is 0.552. The Bertz CT molecular complexity index is 1040. The highest BCUT2D eigenvalue weighted by Crippen LogP contribution is 2.51. The van der Waals surface area contributed by atoms with Crippen LogP contribution in [-0.2, 0) is 0 Å². The molecule has 6 rings (SSSR count). The van der Waals surface area contributed by atoms with Crippen LogP contribution in [0.1, 0.15) is 29.9 Å². The number of fused-ring (bicyclic) bond motifs is 5. The van der Waals surface area contributed by atoms with Crippen molar-refractivity contribution in [2.45, 2.75) is 18.8 Å². The second-order valence-corrected chi connectivity index (χ2v) is 8.40. The molecular formula is C28H24. The molecule has 0 heterocycles.